The van der Waals surface area contributed by atoms with Crippen molar-refractivity contribution in [3.63, 3.8) is 0 Å². The number of nitrogens with zero attached hydrogens (tertiary/aromatic N) is 2. The Morgan fingerprint density at radius 3 is 2.31 bits per heavy atom. The lowest BCUT2D eigenvalue weighted by Crippen LogP contribution is -2.48. The highest BCUT2D eigenvalue weighted by Gasteiger charge is 2.21. The van der Waals surface area contributed by atoms with E-state index >= 15 is 0 Å². The summed E-state index contributed by atoms with van der Waals surface area (Å²) in [5.41, 5.74) is 4.60. The second-order valence-electron chi connectivity index (χ2n) is 7.22. The second kappa shape index (κ2) is 9.05. The number of aryl methyl sites for hydroxylation is 2. The van der Waals surface area contributed by atoms with Gasteiger partial charge in [0.05, 0.1) is 11.4 Å². The van der Waals surface area contributed by atoms with Crippen LogP contribution in [0.1, 0.15) is 28.4 Å². The van der Waals surface area contributed by atoms with E-state index in [9.17, 15) is 9.59 Å². The van der Waals surface area contributed by atoms with Crippen molar-refractivity contribution >= 4 is 40.5 Å². The molecule has 0 bridgehead atoms. The van der Waals surface area contributed by atoms with Crippen LogP contribution in [-0.4, -0.2) is 48.0 Å². The van der Waals surface area contributed by atoms with Crippen LogP contribution in [0.3, 0.4) is 0 Å². The van der Waals surface area contributed by atoms with Gasteiger partial charge in [-0.2, -0.15) is 0 Å². The quantitative estimate of drug-likeness (QED) is 0.762. The first-order chi connectivity index (χ1) is 13.8. The van der Waals surface area contributed by atoms with Crippen LogP contribution in [0.25, 0.3) is 0 Å². The smallest absolute Gasteiger partial charge is 0.257 e. The zero-order valence-corrected chi connectivity index (χ0v) is 17.8. The topological polar surface area (TPSA) is 64.7 Å². The second-order valence-corrected chi connectivity index (χ2v) is 7.63. The molecule has 0 unspecified atom stereocenters. The molecule has 7 heteroatoms. The molecule has 2 aromatic carbocycles. The molecule has 0 spiro atoms. The van der Waals surface area contributed by atoms with E-state index in [-0.39, 0.29) is 16.9 Å². The number of benzene rings is 2. The number of hydrogen-bond donors (Lipinski definition) is 2. The van der Waals surface area contributed by atoms with Gasteiger partial charge in [0.15, 0.2) is 5.11 Å². The number of para-hydroxylation sites is 2. The lowest BCUT2D eigenvalue weighted by atomic mass is 10.1. The van der Waals surface area contributed by atoms with Gasteiger partial charge in [0.25, 0.3) is 5.91 Å². The molecule has 3 rings (SSSR count). The molecule has 0 radical (unpaired) electrons. The Morgan fingerprint density at radius 1 is 0.966 bits per heavy atom. The van der Waals surface area contributed by atoms with E-state index in [1.807, 2.05) is 55.1 Å². The van der Waals surface area contributed by atoms with Crippen LogP contribution in [0.4, 0.5) is 11.4 Å². The van der Waals surface area contributed by atoms with Crippen molar-refractivity contribution in [2.45, 2.75) is 20.8 Å². The molecule has 2 amide bonds. The molecule has 0 aliphatic carbocycles. The maximum absolute atomic E-state index is 12.5. The zero-order chi connectivity index (χ0) is 21.0. The van der Waals surface area contributed by atoms with Crippen molar-refractivity contribution in [3.05, 3.63) is 59.2 Å². The molecule has 1 aliphatic heterocycles. The zero-order valence-electron chi connectivity index (χ0n) is 17.0. The normalized spacial score (nSPS) is 13.8. The highest BCUT2D eigenvalue weighted by Crippen LogP contribution is 2.26. The molecule has 0 atom stereocenters. The van der Waals surface area contributed by atoms with Gasteiger partial charge >= 0.3 is 0 Å². The van der Waals surface area contributed by atoms with Crippen molar-refractivity contribution in [2.24, 2.45) is 0 Å². The molecule has 152 valence electrons. The lowest BCUT2D eigenvalue weighted by molar-refractivity contribution is -0.129. The van der Waals surface area contributed by atoms with Crippen LogP contribution >= 0.6 is 12.2 Å². The molecule has 0 aromatic heterocycles. The van der Waals surface area contributed by atoms with Crippen LogP contribution in [-0.2, 0) is 4.79 Å². The monoisotopic (exact) mass is 410 g/mol. The Morgan fingerprint density at radius 2 is 1.66 bits per heavy atom. The number of anilines is 2. The summed E-state index contributed by atoms with van der Waals surface area (Å²) in [5.74, 6) is -0.135. The summed E-state index contributed by atoms with van der Waals surface area (Å²) in [7, 11) is 0. The maximum Gasteiger partial charge on any atom is 0.257 e. The summed E-state index contributed by atoms with van der Waals surface area (Å²) < 4.78 is 0. The molecule has 1 saturated heterocycles. The Kier molecular flexibility index (Phi) is 6.49. The fourth-order valence-corrected chi connectivity index (χ4v) is 3.53. The molecule has 0 saturated carbocycles. The number of carbonyl (C=O) groups is 2. The van der Waals surface area contributed by atoms with Crippen LogP contribution in [0.15, 0.2) is 42.5 Å². The van der Waals surface area contributed by atoms with Crippen LogP contribution in [0.2, 0.25) is 0 Å². The molecule has 6 nitrogen and oxygen atoms in total. The number of nitrogens with one attached hydrogen (secondary N) is 2. The Balaban J connectivity index is 1.66. The van der Waals surface area contributed by atoms with Crippen LogP contribution < -0.4 is 15.5 Å². The standard InChI is InChI=1S/C22H26N4O2S/c1-15-8-9-18(14-16(15)2)21(28)24-22(29)23-19-6-4-5-7-20(19)26-12-10-25(11-13-26)17(3)27/h4-9,14H,10-13H2,1-3H3,(H2,23,24,28,29). The molecule has 1 aliphatic rings. The highest BCUT2D eigenvalue weighted by molar-refractivity contribution is 7.80. The molecular formula is C22H26N4O2S. The van der Waals surface area contributed by atoms with Crippen molar-refractivity contribution in [2.75, 3.05) is 36.4 Å². The third-order valence-electron chi connectivity index (χ3n) is 5.21. The number of carbonyl (C=O) groups excluding carboxylic acids is 2. The number of amides is 2. The maximum atomic E-state index is 12.5. The summed E-state index contributed by atoms with van der Waals surface area (Å²) >= 11 is 5.37. The average Bonchev–Trinajstić information content (AvgIpc) is 2.70. The fourth-order valence-electron chi connectivity index (χ4n) is 3.33. The molecule has 2 aromatic rings. The molecular weight excluding hydrogens is 384 g/mol. The first kappa shape index (κ1) is 20.8. The number of hydrogen-bond acceptors (Lipinski definition) is 4. The predicted octanol–water partition coefficient (Wildman–Crippen LogP) is 3.10. The van der Waals surface area contributed by atoms with E-state index in [1.165, 1.54) is 0 Å². The minimum Gasteiger partial charge on any atom is -0.366 e. The third kappa shape index (κ3) is 5.12. The van der Waals surface area contributed by atoms with Gasteiger partial charge in [0.1, 0.15) is 0 Å². The van der Waals surface area contributed by atoms with E-state index in [1.54, 1.807) is 13.0 Å². The minimum atomic E-state index is -0.238. The summed E-state index contributed by atoms with van der Waals surface area (Å²) in [5, 5.41) is 6.15. The molecule has 29 heavy (non-hydrogen) atoms. The van der Waals surface area contributed by atoms with E-state index in [0.717, 1.165) is 35.6 Å². The third-order valence-corrected chi connectivity index (χ3v) is 5.42. The molecule has 2 N–H and O–H groups in total. The van der Waals surface area contributed by atoms with Crippen molar-refractivity contribution in [1.82, 2.24) is 10.2 Å². The van der Waals surface area contributed by atoms with Crippen LogP contribution in [0, 0.1) is 13.8 Å². The number of thiocarbonyl (C=S) groups is 1. The Bertz CT molecular complexity index is 936. The predicted molar refractivity (Wildman–Crippen MR) is 121 cm³/mol. The fraction of sp³-hybridized carbons (Fsp3) is 0.318. The largest absolute Gasteiger partial charge is 0.366 e. The number of rotatable bonds is 3. The first-order valence-corrected chi connectivity index (χ1v) is 10.0. The SMILES string of the molecule is CC(=O)N1CCN(c2ccccc2NC(=S)NC(=O)c2ccc(C)c(C)c2)CC1. The summed E-state index contributed by atoms with van der Waals surface area (Å²) in [4.78, 5) is 28.1. The summed E-state index contributed by atoms with van der Waals surface area (Å²) in [6.45, 7) is 8.47. The van der Waals surface area contributed by atoms with Crippen molar-refractivity contribution in [1.29, 1.82) is 0 Å². The minimum absolute atomic E-state index is 0.103. The van der Waals surface area contributed by atoms with Crippen molar-refractivity contribution in [3.8, 4) is 0 Å². The lowest BCUT2D eigenvalue weighted by Gasteiger charge is -2.36. The molecule has 1 heterocycles. The van der Waals surface area contributed by atoms with Gasteiger partial charge in [0.2, 0.25) is 5.91 Å². The van der Waals surface area contributed by atoms with Gasteiger partial charge in [-0.25, -0.2) is 0 Å². The van der Waals surface area contributed by atoms with E-state index in [4.69, 9.17) is 12.2 Å². The van der Waals surface area contributed by atoms with Crippen molar-refractivity contribution < 1.29 is 9.59 Å². The van der Waals surface area contributed by atoms with E-state index in [2.05, 4.69) is 15.5 Å². The average molecular weight is 411 g/mol. The van der Waals surface area contributed by atoms with Gasteiger partial charge in [0, 0.05) is 38.7 Å². The number of piperazine rings is 1. The van der Waals surface area contributed by atoms with Gasteiger partial charge < -0.3 is 15.1 Å². The summed E-state index contributed by atoms with van der Waals surface area (Å²) in [6.07, 6.45) is 0. The Hall–Kier alpha value is -2.93. The van der Waals surface area contributed by atoms with Crippen LogP contribution in [0.5, 0.6) is 0 Å². The highest BCUT2D eigenvalue weighted by atomic mass is 32.1. The van der Waals surface area contributed by atoms with Gasteiger partial charge in [-0.1, -0.05) is 18.2 Å². The molecule has 1 fully saturated rings. The van der Waals surface area contributed by atoms with E-state index < -0.39 is 0 Å². The Labute approximate surface area is 176 Å². The van der Waals surface area contributed by atoms with E-state index in [0.29, 0.717) is 18.7 Å². The van der Waals surface area contributed by atoms with Gasteiger partial charge in [-0.3, -0.25) is 14.9 Å². The first-order valence-electron chi connectivity index (χ1n) is 9.64. The summed E-state index contributed by atoms with van der Waals surface area (Å²) in [6, 6.07) is 13.4. The van der Waals surface area contributed by atoms with Gasteiger partial charge in [-0.05, 0) is 61.5 Å². The van der Waals surface area contributed by atoms with Gasteiger partial charge in [-0.15, -0.1) is 0 Å².